The molecule has 0 aliphatic rings. The maximum atomic E-state index is 9.17. The Morgan fingerprint density at radius 3 is 2.64 bits per heavy atom. The molecule has 0 amide bonds. The molecule has 3 nitrogen and oxygen atoms in total. The van der Waals surface area contributed by atoms with Crippen LogP contribution in [0.15, 0.2) is 6.20 Å². The van der Waals surface area contributed by atoms with Gasteiger partial charge in [0.2, 0.25) is 0 Å². The number of hydrogen-bond donors (Lipinski definition) is 1. The predicted molar refractivity (Wildman–Crippen MR) is 43.5 cm³/mol. The summed E-state index contributed by atoms with van der Waals surface area (Å²) in [5.41, 5.74) is 0.700. The van der Waals surface area contributed by atoms with Crippen molar-refractivity contribution in [3.05, 3.63) is 11.9 Å². The summed E-state index contributed by atoms with van der Waals surface area (Å²) < 4.78 is 1.77. The summed E-state index contributed by atoms with van der Waals surface area (Å²) in [4.78, 5) is 0. The van der Waals surface area contributed by atoms with Gasteiger partial charge < -0.3 is 5.11 Å². The zero-order valence-electron chi connectivity index (χ0n) is 7.20. The van der Waals surface area contributed by atoms with Crippen LogP contribution >= 0.6 is 0 Å². The third-order valence-electron chi connectivity index (χ3n) is 1.47. The van der Waals surface area contributed by atoms with Crippen molar-refractivity contribution >= 4 is 0 Å². The third kappa shape index (κ3) is 1.97. The number of rotatable bonds is 2. The molecule has 0 saturated heterocycles. The fourth-order valence-electron chi connectivity index (χ4n) is 0.975. The minimum atomic E-state index is 0.283. The van der Waals surface area contributed by atoms with Crippen LogP contribution in [0.2, 0.25) is 0 Å². The fourth-order valence-corrected chi connectivity index (χ4v) is 0.975. The van der Waals surface area contributed by atoms with Gasteiger partial charge in [0.15, 0.2) is 5.75 Å². The van der Waals surface area contributed by atoms with E-state index in [-0.39, 0.29) is 5.75 Å². The van der Waals surface area contributed by atoms with E-state index in [0.29, 0.717) is 11.6 Å². The SMILES string of the molecule is Cc1nn(CC(C)C)cc1O. The quantitative estimate of drug-likeness (QED) is 0.701. The molecule has 0 aliphatic heterocycles. The van der Waals surface area contributed by atoms with Crippen LogP contribution < -0.4 is 0 Å². The summed E-state index contributed by atoms with van der Waals surface area (Å²) >= 11 is 0. The van der Waals surface area contributed by atoms with E-state index in [1.54, 1.807) is 17.8 Å². The number of hydrogen-bond acceptors (Lipinski definition) is 2. The summed E-state index contributed by atoms with van der Waals surface area (Å²) in [6, 6.07) is 0. The highest BCUT2D eigenvalue weighted by molar-refractivity contribution is 5.20. The third-order valence-corrected chi connectivity index (χ3v) is 1.47. The van der Waals surface area contributed by atoms with E-state index in [4.69, 9.17) is 5.11 Å². The van der Waals surface area contributed by atoms with E-state index in [2.05, 4.69) is 18.9 Å². The molecule has 1 heterocycles. The molecule has 0 atom stereocenters. The zero-order chi connectivity index (χ0) is 8.43. The van der Waals surface area contributed by atoms with Crippen LogP contribution in [0, 0.1) is 12.8 Å². The van der Waals surface area contributed by atoms with Gasteiger partial charge in [-0.15, -0.1) is 0 Å². The molecule has 0 unspecified atom stereocenters. The van der Waals surface area contributed by atoms with Gasteiger partial charge in [-0.2, -0.15) is 5.10 Å². The smallest absolute Gasteiger partial charge is 0.156 e. The molecular weight excluding hydrogens is 140 g/mol. The summed E-state index contributed by atoms with van der Waals surface area (Å²) in [6.45, 7) is 6.90. The van der Waals surface area contributed by atoms with Crippen LogP contribution in [0.25, 0.3) is 0 Å². The Morgan fingerprint density at radius 1 is 1.64 bits per heavy atom. The van der Waals surface area contributed by atoms with Crippen LogP contribution in [-0.2, 0) is 6.54 Å². The Kier molecular flexibility index (Phi) is 2.17. The first-order valence-corrected chi connectivity index (χ1v) is 3.82. The van der Waals surface area contributed by atoms with E-state index in [1.807, 2.05) is 0 Å². The Labute approximate surface area is 66.7 Å². The highest BCUT2D eigenvalue weighted by Gasteiger charge is 2.02. The Morgan fingerprint density at radius 2 is 2.27 bits per heavy atom. The molecule has 1 N–H and O–H groups in total. The Balaban J connectivity index is 2.73. The molecule has 62 valence electrons. The van der Waals surface area contributed by atoms with E-state index < -0.39 is 0 Å². The van der Waals surface area contributed by atoms with Gasteiger partial charge in [-0.3, -0.25) is 4.68 Å². The normalized spacial score (nSPS) is 10.9. The van der Waals surface area contributed by atoms with E-state index >= 15 is 0 Å². The van der Waals surface area contributed by atoms with Crippen LogP contribution in [0.1, 0.15) is 19.5 Å². The van der Waals surface area contributed by atoms with E-state index in [0.717, 1.165) is 6.54 Å². The first-order chi connectivity index (χ1) is 5.09. The lowest BCUT2D eigenvalue weighted by molar-refractivity contribution is 0.462. The van der Waals surface area contributed by atoms with Crippen molar-refractivity contribution in [3.63, 3.8) is 0 Å². The molecular formula is C8H14N2O. The fraction of sp³-hybridized carbons (Fsp3) is 0.625. The number of aromatic hydroxyl groups is 1. The molecule has 0 spiro atoms. The second kappa shape index (κ2) is 2.95. The van der Waals surface area contributed by atoms with Gasteiger partial charge in [0.25, 0.3) is 0 Å². The number of aromatic nitrogens is 2. The Bertz CT molecular complexity index is 221. The molecule has 1 aromatic rings. The molecule has 0 saturated carbocycles. The maximum Gasteiger partial charge on any atom is 0.156 e. The van der Waals surface area contributed by atoms with Gasteiger partial charge in [0.1, 0.15) is 5.69 Å². The average Bonchev–Trinajstić information content (AvgIpc) is 2.10. The lowest BCUT2D eigenvalue weighted by atomic mass is 10.2. The first-order valence-electron chi connectivity index (χ1n) is 3.82. The van der Waals surface area contributed by atoms with Crippen LogP contribution in [0.3, 0.4) is 0 Å². The minimum absolute atomic E-state index is 0.283. The topological polar surface area (TPSA) is 38.0 Å². The summed E-state index contributed by atoms with van der Waals surface area (Å²) in [5, 5.41) is 13.3. The van der Waals surface area contributed by atoms with Gasteiger partial charge in [-0.25, -0.2) is 0 Å². The second-order valence-electron chi connectivity index (χ2n) is 3.22. The molecule has 1 rings (SSSR count). The molecule has 0 fully saturated rings. The molecule has 0 aliphatic carbocycles. The van der Waals surface area contributed by atoms with Crippen molar-refractivity contribution in [2.45, 2.75) is 27.3 Å². The van der Waals surface area contributed by atoms with Gasteiger partial charge in [0.05, 0.1) is 6.20 Å². The molecule has 0 aromatic carbocycles. The lowest BCUT2D eigenvalue weighted by Gasteiger charge is -2.02. The standard InChI is InChI=1S/C8H14N2O/c1-6(2)4-10-5-8(11)7(3)9-10/h5-6,11H,4H2,1-3H3. The van der Waals surface area contributed by atoms with Crippen LogP contribution in [0.4, 0.5) is 0 Å². The van der Waals surface area contributed by atoms with Crippen molar-refractivity contribution in [3.8, 4) is 5.75 Å². The highest BCUT2D eigenvalue weighted by Crippen LogP contribution is 2.13. The Hall–Kier alpha value is -0.990. The molecule has 1 aromatic heterocycles. The van der Waals surface area contributed by atoms with Gasteiger partial charge >= 0.3 is 0 Å². The molecule has 11 heavy (non-hydrogen) atoms. The summed E-state index contributed by atoms with van der Waals surface area (Å²) in [7, 11) is 0. The van der Waals surface area contributed by atoms with E-state index in [1.165, 1.54) is 0 Å². The van der Waals surface area contributed by atoms with Crippen molar-refractivity contribution in [2.75, 3.05) is 0 Å². The summed E-state index contributed by atoms with van der Waals surface area (Å²) in [5.74, 6) is 0.847. The zero-order valence-corrected chi connectivity index (χ0v) is 7.20. The van der Waals surface area contributed by atoms with Crippen molar-refractivity contribution in [2.24, 2.45) is 5.92 Å². The van der Waals surface area contributed by atoms with Crippen LogP contribution in [-0.4, -0.2) is 14.9 Å². The maximum absolute atomic E-state index is 9.17. The predicted octanol–water partition coefficient (Wildman–Crippen LogP) is 1.55. The highest BCUT2D eigenvalue weighted by atomic mass is 16.3. The van der Waals surface area contributed by atoms with Crippen LogP contribution in [0.5, 0.6) is 5.75 Å². The van der Waals surface area contributed by atoms with Crippen molar-refractivity contribution in [1.82, 2.24) is 9.78 Å². The minimum Gasteiger partial charge on any atom is -0.504 e. The first kappa shape index (κ1) is 8.11. The number of aryl methyl sites for hydroxylation is 1. The van der Waals surface area contributed by atoms with Gasteiger partial charge in [-0.1, -0.05) is 13.8 Å². The average molecular weight is 154 g/mol. The monoisotopic (exact) mass is 154 g/mol. The lowest BCUT2D eigenvalue weighted by Crippen LogP contribution is -2.04. The second-order valence-corrected chi connectivity index (χ2v) is 3.22. The van der Waals surface area contributed by atoms with E-state index in [9.17, 15) is 0 Å². The molecule has 3 heteroatoms. The van der Waals surface area contributed by atoms with Gasteiger partial charge in [-0.05, 0) is 12.8 Å². The largest absolute Gasteiger partial charge is 0.504 e. The van der Waals surface area contributed by atoms with Crippen molar-refractivity contribution < 1.29 is 5.11 Å². The number of nitrogens with zero attached hydrogens (tertiary/aromatic N) is 2. The molecule has 0 bridgehead atoms. The summed E-state index contributed by atoms with van der Waals surface area (Å²) in [6.07, 6.45) is 1.66. The molecule has 0 radical (unpaired) electrons. The van der Waals surface area contributed by atoms with Gasteiger partial charge in [0, 0.05) is 6.54 Å². The van der Waals surface area contributed by atoms with Crippen molar-refractivity contribution in [1.29, 1.82) is 0 Å².